The third kappa shape index (κ3) is 2.66. The van der Waals surface area contributed by atoms with Gasteiger partial charge in [0, 0.05) is 6.54 Å². The molecular formula is C14H21N3O2. The van der Waals surface area contributed by atoms with Gasteiger partial charge in [-0.1, -0.05) is 6.92 Å². The van der Waals surface area contributed by atoms with Crippen LogP contribution in [-0.2, 0) is 6.54 Å². The van der Waals surface area contributed by atoms with Gasteiger partial charge in [-0.25, -0.2) is 0 Å². The van der Waals surface area contributed by atoms with E-state index in [0.29, 0.717) is 0 Å². The molecular weight excluding hydrogens is 242 g/mol. The Morgan fingerprint density at radius 3 is 2.79 bits per heavy atom. The first-order valence-corrected chi connectivity index (χ1v) is 6.54. The second-order valence-electron chi connectivity index (χ2n) is 4.49. The summed E-state index contributed by atoms with van der Waals surface area (Å²) in [7, 11) is 3.57. The Morgan fingerprint density at radius 1 is 1.47 bits per heavy atom. The normalized spacial score (nSPS) is 12.6. The van der Waals surface area contributed by atoms with Gasteiger partial charge in [-0.3, -0.25) is 4.68 Å². The molecule has 0 bridgehead atoms. The Labute approximate surface area is 113 Å². The smallest absolute Gasteiger partial charge is 0.162 e. The molecule has 19 heavy (non-hydrogen) atoms. The van der Waals surface area contributed by atoms with Crippen LogP contribution in [0.4, 0.5) is 0 Å². The molecule has 1 atom stereocenters. The van der Waals surface area contributed by atoms with Crippen LogP contribution in [0.5, 0.6) is 5.75 Å². The minimum absolute atomic E-state index is 0.0577. The average Bonchev–Trinajstić information content (AvgIpc) is 2.99. The number of ether oxygens (including phenoxy) is 1. The van der Waals surface area contributed by atoms with Crippen LogP contribution >= 0.6 is 0 Å². The van der Waals surface area contributed by atoms with Gasteiger partial charge in [0.15, 0.2) is 5.75 Å². The highest BCUT2D eigenvalue weighted by atomic mass is 16.5. The van der Waals surface area contributed by atoms with Crippen molar-refractivity contribution in [1.29, 1.82) is 0 Å². The molecule has 0 amide bonds. The van der Waals surface area contributed by atoms with Crippen LogP contribution in [0, 0.1) is 6.92 Å². The predicted octanol–water partition coefficient (Wildman–Crippen LogP) is 2.51. The standard InChI is InChI=1S/C14H21N3O2/c1-5-8-17-14(12(18-4)9-16-17)13(15-3)11-7-6-10(2)19-11/h6-7,9,13,15H,5,8H2,1-4H3. The van der Waals surface area contributed by atoms with Crippen molar-refractivity contribution in [2.24, 2.45) is 0 Å². The maximum absolute atomic E-state index is 5.73. The first kappa shape index (κ1) is 13.7. The van der Waals surface area contributed by atoms with E-state index in [1.165, 1.54) is 0 Å². The number of aromatic nitrogens is 2. The number of aryl methyl sites for hydroxylation is 2. The SMILES string of the molecule is CCCn1ncc(OC)c1C(NC)c1ccc(C)o1. The van der Waals surface area contributed by atoms with Gasteiger partial charge in [0.25, 0.3) is 0 Å². The second-order valence-corrected chi connectivity index (χ2v) is 4.49. The fourth-order valence-electron chi connectivity index (χ4n) is 2.24. The Balaban J connectivity index is 2.44. The van der Waals surface area contributed by atoms with E-state index in [1.54, 1.807) is 13.3 Å². The minimum Gasteiger partial charge on any atom is -0.493 e. The Morgan fingerprint density at radius 2 is 2.26 bits per heavy atom. The molecule has 1 N–H and O–H groups in total. The lowest BCUT2D eigenvalue weighted by Crippen LogP contribution is -2.22. The number of hydrogen-bond acceptors (Lipinski definition) is 4. The summed E-state index contributed by atoms with van der Waals surface area (Å²) in [6, 6.07) is 3.89. The molecule has 0 aliphatic carbocycles. The van der Waals surface area contributed by atoms with Crippen LogP contribution in [0.25, 0.3) is 0 Å². The summed E-state index contributed by atoms with van der Waals surface area (Å²) in [6.45, 7) is 4.93. The first-order chi connectivity index (χ1) is 9.21. The van der Waals surface area contributed by atoms with Crippen LogP contribution in [-0.4, -0.2) is 23.9 Å². The van der Waals surface area contributed by atoms with E-state index in [-0.39, 0.29) is 6.04 Å². The van der Waals surface area contributed by atoms with Gasteiger partial charge in [0.05, 0.1) is 13.3 Å². The zero-order valence-corrected chi connectivity index (χ0v) is 11.9. The molecule has 0 fully saturated rings. The van der Waals surface area contributed by atoms with Crippen molar-refractivity contribution in [3.05, 3.63) is 35.5 Å². The van der Waals surface area contributed by atoms with E-state index in [2.05, 4.69) is 17.3 Å². The van der Waals surface area contributed by atoms with Crippen LogP contribution in [0.1, 0.15) is 36.6 Å². The number of rotatable bonds is 6. The van der Waals surface area contributed by atoms with Crippen molar-refractivity contribution in [2.75, 3.05) is 14.2 Å². The number of hydrogen-bond donors (Lipinski definition) is 1. The lowest BCUT2D eigenvalue weighted by atomic mass is 10.1. The zero-order chi connectivity index (χ0) is 13.8. The summed E-state index contributed by atoms with van der Waals surface area (Å²) >= 11 is 0. The van der Waals surface area contributed by atoms with Gasteiger partial charge in [0.2, 0.25) is 0 Å². The Bertz CT molecular complexity index is 531. The largest absolute Gasteiger partial charge is 0.493 e. The van der Waals surface area contributed by atoms with Gasteiger partial charge in [-0.15, -0.1) is 0 Å². The molecule has 1 unspecified atom stereocenters. The third-order valence-electron chi connectivity index (χ3n) is 3.11. The molecule has 0 spiro atoms. The van der Waals surface area contributed by atoms with Gasteiger partial charge >= 0.3 is 0 Å². The van der Waals surface area contributed by atoms with Crippen LogP contribution < -0.4 is 10.1 Å². The van der Waals surface area contributed by atoms with E-state index >= 15 is 0 Å². The van der Waals surface area contributed by atoms with Crippen molar-refractivity contribution in [3.8, 4) is 5.75 Å². The molecule has 5 heteroatoms. The van der Waals surface area contributed by atoms with Crippen molar-refractivity contribution >= 4 is 0 Å². The molecule has 2 aromatic rings. The van der Waals surface area contributed by atoms with Gasteiger partial charge < -0.3 is 14.5 Å². The Hall–Kier alpha value is -1.75. The van der Waals surface area contributed by atoms with E-state index in [1.807, 2.05) is 30.8 Å². The highest BCUT2D eigenvalue weighted by Crippen LogP contribution is 2.30. The molecule has 0 saturated carbocycles. The van der Waals surface area contributed by atoms with Crippen LogP contribution in [0.15, 0.2) is 22.7 Å². The summed E-state index contributed by atoms with van der Waals surface area (Å²) in [5, 5.41) is 7.66. The maximum Gasteiger partial charge on any atom is 0.162 e. The molecule has 104 valence electrons. The predicted molar refractivity (Wildman–Crippen MR) is 73.4 cm³/mol. The molecule has 2 heterocycles. The quantitative estimate of drug-likeness (QED) is 0.870. The zero-order valence-electron chi connectivity index (χ0n) is 11.9. The van der Waals surface area contributed by atoms with E-state index in [9.17, 15) is 0 Å². The van der Waals surface area contributed by atoms with Gasteiger partial charge in [-0.2, -0.15) is 5.10 Å². The first-order valence-electron chi connectivity index (χ1n) is 6.54. The Kier molecular flexibility index (Phi) is 4.27. The number of furan rings is 1. The van der Waals surface area contributed by atoms with Crippen LogP contribution in [0.2, 0.25) is 0 Å². The fraction of sp³-hybridized carbons (Fsp3) is 0.500. The minimum atomic E-state index is -0.0577. The molecule has 0 aliphatic rings. The van der Waals surface area contributed by atoms with Crippen molar-refractivity contribution in [2.45, 2.75) is 32.9 Å². The summed E-state index contributed by atoms with van der Waals surface area (Å²) in [4.78, 5) is 0. The molecule has 0 aliphatic heterocycles. The number of nitrogens with one attached hydrogen (secondary N) is 1. The summed E-state index contributed by atoms with van der Waals surface area (Å²) in [6.07, 6.45) is 2.77. The maximum atomic E-state index is 5.73. The highest BCUT2D eigenvalue weighted by molar-refractivity contribution is 5.33. The molecule has 2 aromatic heterocycles. The van der Waals surface area contributed by atoms with E-state index in [0.717, 1.165) is 35.9 Å². The molecule has 2 rings (SSSR count). The summed E-state index contributed by atoms with van der Waals surface area (Å²) < 4.78 is 13.1. The van der Waals surface area contributed by atoms with Gasteiger partial charge in [0.1, 0.15) is 23.3 Å². The summed E-state index contributed by atoms with van der Waals surface area (Å²) in [5.41, 5.74) is 1.00. The average molecular weight is 263 g/mol. The number of methoxy groups -OCH3 is 1. The topological polar surface area (TPSA) is 52.2 Å². The summed E-state index contributed by atoms with van der Waals surface area (Å²) in [5.74, 6) is 2.55. The molecule has 0 radical (unpaired) electrons. The molecule has 5 nitrogen and oxygen atoms in total. The molecule has 0 aromatic carbocycles. The lowest BCUT2D eigenvalue weighted by Gasteiger charge is -2.17. The fourth-order valence-corrected chi connectivity index (χ4v) is 2.24. The van der Waals surface area contributed by atoms with Crippen molar-refractivity contribution < 1.29 is 9.15 Å². The second kappa shape index (κ2) is 5.93. The van der Waals surface area contributed by atoms with Crippen molar-refractivity contribution in [3.63, 3.8) is 0 Å². The molecule has 0 saturated heterocycles. The van der Waals surface area contributed by atoms with E-state index < -0.39 is 0 Å². The third-order valence-corrected chi connectivity index (χ3v) is 3.11. The van der Waals surface area contributed by atoms with Gasteiger partial charge in [-0.05, 0) is 32.5 Å². The monoisotopic (exact) mass is 263 g/mol. The van der Waals surface area contributed by atoms with Crippen LogP contribution in [0.3, 0.4) is 0 Å². The van der Waals surface area contributed by atoms with E-state index in [4.69, 9.17) is 9.15 Å². The van der Waals surface area contributed by atoms with Crippen molar-refractivity contribution in [1.82, 2.24) is 15.1 Å². The lowest BCUT2D eigenvalue weighted by molar-refractivity contribution is 0.384. The highest BCUT2D eigenvalue weighted by Gasteiger charge is 2.24. The number of nitrogens with zero attached hydrogens (tertiary/aromatic N) is 2.